The number of rotatable bonds is 7. The first-order valence-electron chi connectivity index (χ1n) is 8.54. The number of carbonyl (C=O) groups excluding carboxylic acids is 1. The highest BCUT2D eigenvalue weighted by Gasteiger charge is 2.17. The maximum atomic E-state index is 12.6. The third-order valence-electron chi connectivity index (χ3n) is 4.21. The molecule has 0 aliphatic rings. The predicted octanol–water partition coefficient (Wildman–Crippen LogP) is 3.55. The Labute approximate surface area is 158 Å². The van der Waals surface area contributed by atoms with E-state index in [9.17, 15) is 4.79 Å². The number of nitrogens with zero attached hydrogens (tertiary/aromatic N) is 2. The van der Waals surface area contributed by atoms with Crippen molar-refractivity contribution in [3.63, 3.8) is 0 Å². The zero-order valence-corrected chi connectivity index (χ0v) is 15.6. The van der Waals surface area contributed by atoms with E-state index in [1.165, 1.54) is 0 Å². The molecule has 0 aliphatic carbocycles. The van der Waals surface area contributed by atoms with Crippen LogP contribution in [0.25, 0.3) is 0 Å². The average Bonchev–Trinajstić information content (AvgIpc) is 3.16. The topological polar surface area (TPSA) is 64.8 Å². The van der Waals surface area contributed by atoms with Gasteiger partial charge in [-0.15, -0.1) is 0 Å². The molecule has 0 bridgehead atoms. The summed E-state index contributed by atoms with van der Waals surface area (Å²) >= 11 is 0. The highest BCUT2D eigenvalue weighted by molar-refractivity contribution is 5.91. The summed E-state index contributed by atoms with van der Waals surface area (Å²) in [6.07, 6.45) is 3.95. The van der Waals surface area contributed by atoms with Crippen LogP contribution in [0.4, 0.5) is 0 Å². The molecule has 0 N–H and O–H groups in total. The maximum absolute atomic E-state index is 12.6. The van der Waals surface area contributed by atoms with Gasteiger partial charge in [-0.3, -0.25) is 9.78 Å². The number of aromatic nitrogens is 1. The first kappa shape index (κ1) is 18.5. The van der Waals surface area contributed by atoms with E-state index in [4.69, 9.17) is 13.9 Å². The number of ether oxygens (including phenoxy) is 2. The van der Waals surface area contributed by atoms with Crippen LogP contribution in [-0.4, -0.2) is 37.1 Å². The molecule has 1 amide bonds. The Balaban J connectivity index is 1.72. The number of amides is 1. The van der Waals surface area contributed by atoms with Crippen LogP contribution < -0.4 is 9.47 Å². The highest BCUT2D eigenvalue weighted by atomic mass is 16.5. The first-order valence-corrected chi connectivity index (χ1v) is 8.54. The van der Waals surface area contributed by atoms with E-state index in [2.05, 4.69) is 4.98 Å². The highest BCUT2D eigenvalue weighted by Crippen LogP contribution is 2.27. The lowest BCUT2D eigenvalue weighted by atomic mass is 10.1. The minimum absolute atomic E-state index is 0.178. The quantitative estimate of drug-likeness (QED) is 0.640. The van der Waals surface area contributed by atoms with Crippen molar-refractivity contribution in [2.24, 2.45) is 0 Å². The average molecular weight is 366 g/mol. The number of carbonyl (C=O) groups is 1. The summed E-state index contributed by atoms with van der Waals surface area (Å²) in [5.74, 6) is 2.29. The molecule has 0 aliphatic heterocycles. The summed E-state index contributed by atoms with van der Waals surface area (Å²) in [7, 11) is 4.98. The molecule has 0 saturated heterocycles. The van der Waals surface area contributed by atoms with Crippen LogP contribution in [0.2, 0.25) is 0 Å². The van der Waals surface area contributed by atoms with Gasteiger partial charge in [0.1, 0.15) is 17.3 Å². The second-order valence-corrected chi connectivity index (χ2v) is 6.14. The normalized spacial score (nSPS) is 10.5. The van der Waals surface area contributed by atoms with Gasteiger partial charge in [-0.25, -0.2) is 0 Å². The Bertz CT molecular complexity index is 906. The van der Waals surface area contributed by atoms with Crippen molar-refractivity contribution in [2.45, 2.75) is 13.0 Å². The van der Waals surface area contributed by atoms with Crippen LogP contribution >= 0.6 is 0 Å². The van der Waals surface area contributed by atoms with Crippen molar-refractivity contribution in [1.82, 2.24) is 9.88 Å². The Morgan fingerprint density at radius 3 is 2.70 bits per heavy atom. The Hall–Kier alpha value is -3.28. The van der Waals surface area contributed by atoms with Gasteiger partial charge >= 0.3 is 0 Å². The first-order chi connectivity index (χ1) is 13.1. The third kappa shape index (κ3) is 4.47. The lowest BCUT2D eigenvalue weighted by molar-refractivity contribution is 0.0751. The fraction of sp³-hybridized carbons (Fsp3) is 0.238. The SMILES string of the molecule is COc1ccc(OC)c(Cc2ccc(C(=O)N(C)Cc3cccnc3)o2)c1. The van der Waals surface area contributed by atoms with Crippen molar-refractivity contribution in [3.05, 3.63) is 77.5 Å². The van der Waals surface area contributed by atoms with E-state index in [1.807, 2.05) is 36.4 Å². The molecule has 6 heteroatoms. The summed E-state index contributed by atoms with van der Waals surface area (Å²) in [6, 6.07) is 12.9. The number of benzene rings is 1. The molecule has 140 valence electrons. The van der Waals surface area contributed by atoms with Gasteiger partial charge in [0.25, 0.3) is 5.91 Å². The van der Waals surface area contributed by atoms with Crippen molar-refractivity contribution in [3.8, 4) is 11.5 Å². The van der Waals surface area contributed by atoms with Crippen LogP contribution in [0, 0.1) is 0 Å². The Kier molecular flexibility index (Phi) is 5.76. The second kappa shape index (κ2) is 8.40. The largest absolute Gasteiger partial charge is 0.497 e. The summed E-state index contributed by atoms with van der Waals surface area (Å²) in [4.78, 5) is 18.3. The molecule has 0 atom stereocenters. The van der Waals surface area contributed by atoms with E-state index in [1.54, 1.807) is 44.6 Å². The summed E-state index contributed by atoms with van der Waals surface area (Å²) in [6.45, 7) is 0.465. The molecule has 0 saturated carbocycles. The molecule has 0 spiro atoms. The van der Waals surface area contributed by atoms with Crippen LogP contribution in [-0.2, 0) is 13.0 Å². The molecule has 3 aromatic rings. The van der Waals surface area contributed by atoms with Crippen LogP contribution in [0.1, 0.15) is 27.4 Å². The maximum Gasteiger partial charge on any atom is 0.289 e. The third-order valence-corrected chi connectivity index (χ3v) is 4.21. The van der Waals surface area contributed by atoms with Gasteiger partial charge < -0.3 is 18.8 Å². The lowest BCUT2D eigenvalue weighted by Gasteiger charge is -2.15. The van der Waals surface area contributed by atoms with Crippen molar-refractivity contribution in [1.29, 1.82) is 0 Å². The summed E-state index contributed by atoms with van der Waals surface area (Å²) in [5, 5.41) is 0. The molecule has 3 rings (SSSR count). The van der Waals surface area contributed by atoms with Gasteiger partial charge in [-0.1, -0.05) is 6.07 Å². The Morgan fingerprint density at radius 2 is 2.00 bits per heavy atom. The molecular formula is C21H22N2O4. The van der Waals surface area contributed by atoms with Crippen LogP contribution in [0.5, 0.6) is 11.5 Å². The van der Waals surface area contributed by atoms with Gasteiger partial charge in [0.2, 0.25) is 0 Å². The molecule has 0 fully saturated rings. The molecule has 6 nitrogen and oxygen atoms in total. The van der Waals surface area contributed by atoms with Crippen LogP contribution in [0.15, 0.2) is 59.3 Å². The lowest BCUT2D eigenvalue weighted by Crippen LogP contribution is -2.25. The fourth-order valence-electron chi connectivity index (χ4n) is 2.82. The molecule has 0 unspecified atom stereocenters. The van der Waals surface area contributed by atoms with E-state index in [-0.39, 0.29) is 5.91 Å². The van der Waals surface area contributed by atoms with Gasteiger partial charge in [-0.05, 0) is 42.0 Å². The van der Waals surface area contributed by atoms with Crippen molar-refractivity contribution < 1.29 is 18.7 Å². The second-order valence-electron chi connectivity index (χ2n) is 6.14. The Morgan fingerprint density at radius 1 is 1.15 bits per heavy atom. The molecule has 1 aromatic carbocycles. The number of methoxy groups -OCH3 is 2. The zero-order chi connectivity index (χ0) is 19.2. The molecule has 2 heterocycles. The van der Waals surface area contributed by atoms with Gasteiger partial charge in [0, 0.05) is 38.0 Å². The van der Waals surface area contributed by atoms with Crippen molar-refractivity contribution in [2.75, 3.05) is 21.3 Å². The minimum Gasteiger partial charge on any atom is -0.497 e. The fourth-order valence-corrected chi connectivity index (χ4v) is 2.82. The van der Waals surface area contributed by atoms with E-state index in [0.29, 0.717) is 24.5 Å². The monoisotopic (exact) mass is 366 g/mol. The zero-order valence-electron chi connectivity index (χ0n) is 15.6. The van der Waals surface area contributed by atoms with Crippen molar-refractivity contribution >= 4 is 5.91 Å². The minimum atomic E-state index is -0.178. The van der Waals surface area contributed by atoms with Gasteiger partial charge in [0.15, 0.2) is 5.76 Å². The number of pyridine rings is 1. The van der Waals surface area contributed by atoms with Gasteiger partial charge in [-0.2, -0.15) is 0 Å². The summed E-state index contributed by atoms with van der Waals surface area (Å²) in [5.41, 5.74) is 1.88. The number of hydrogen-bond donors (Lipinski definition) is 0. The standard InChI is InChI=1S/C21H22N2O4/c1-23(14-15-5-4-10-22-13-15)21(24)20-9-7-18(27-20)12-16-11-17(25-2)6-8-19(16)26-3/h4-11,13H,12,14H2,1-3H3. The van der Waals surface area contributed by atoms with E-state index >= 15 is 0 Å². The molecule has 0 radical (unpaired) electrons. The van der Waals surface area contributed by atoms with Crippen LogP contribution in [0.3, 0.4) is 0 Å². The summed E-state index contributed by atoms with van der Waals surface area (Å²) < 4.78 is 16.4. The molecule has 2 aromatic heterocycles. The number of furan rings is 1. The smallest absolute Gasteiger partial charge is 0.289 e. The number of hydrogen-bond acceptors (Lipinski definition) is 5. The van der Waals surface area contributed by atoms with E-state index < -0.39 is 0 Å². The van der Waals surface area contributed by atoms with Gasteiger partial charge in [0.05, 0.1) is 14.2 Å². The van der Waals surface area contributed by atoms with E-state index in [0.717, 1.165) is 22.6 Å². The molecular weight excluding hydrogens is 344 g/mol. The molecule has 27 heavy (non-hydrogen) atoms. The predicted molar refractivity (Wildman–Crippen MR) is 101 cm³/mol.